The third-order valence-electron chi connectivity index (χ3n) is 3.69. The fourth-order valence-electron chi connectivity index (χ4n) is 2.63. The molecule has 0 aliphatic heterocycles. The van der Waals surface area contributed by atoms with Gasteiger partial charge in [0, 0.05) is 17.2 Å². The van der Waals surface area contributed by atoms with E-state index in [4.69, 9.17) is 5.73 Å². The maximum absolute atomic E-state index is 5.75. The van der Waals surface area contributed by atoms with Crippen molar-refractivity contribution in [3.05, 3.63) is 11.3 Å². The number of rotatable bonds is 1. The Kier molecular flexibility index (Phi) is 2.05. The van der Waals surface area contributed by atoms with Crippen LogP contribution in [0.1, 0.15) is 50.3 Å². The van der Waals surface area contributed by atoms with E-state index in [-0.39, 0.29) is 0 Å². The molecule has 0 bridgehead atoms. The number of aromatic nitrogens is 2. The van der Waals surface area contributed by atoms with Crippen LogP contribution in [-0.2, 0) is 0 Å². The lowest BCUT2D eigenvalue weighted by molar-refractivity contribution is 0.326. The summed E-state index contributed by atoms with van der Waals surface area (Å²) in [7, 11) is 0. The van der Waals surface area contributed by atoms with E-state index in [1.54, 1.807) is 0 Å². The van der Waals surface area contributed by atoms with Gasteiger partial charge >= 0.3 is 0 Å². The van der Waals surface area contributed by atoms with Crippen molar-refractivity contribution in [3.63, 3.8) is 0 Å². The van der Waals surface area contributed by atoms with E-state index < -0.39 is 0 Å². The number of aromatic amines is 1. The molecule has 14 heavy (non-hydrogen) atoms. The molecule has 3 heteroatoms. The molecular formula is C11H19N3. The lowest BCUT2D eigenvalue weighted by Crippen LogP contribution is -2.16. The molecule has 1 aromatic heterocycles. The van der Waals surface area contributed by atoms with Crippen LogP contribution in [0.25, 0.3) is 0 Å². The zero-order chi connectivity index (χ0) is 10.3. The number of nitrogens with two attached hydrogens (primary N) is 1. The van der Waals surface area contributed by atoms with E-state index in [1.807, 2.05) is 0 Å². The SMILES string of the molecule is Cc1c(N)n[nH]c1C1CCCC1(C)C. The molecule has 1 aliphatic rings. The highest BCUT2D eigenvalue weighted by Crippen LogP contribution is 2.49. The largest absolute Gasteiger partial charge is 0.382 e. The lowest BCUT2D eigenvalue weighted by Gasteiger charge is -2.26. The summed E-state index contributed by atoms with van der Waals surface area (Å²) in [6, 6.07) is 0. The van der Waals surface area contributed by atoms with Crippen molar-refractivity contribution >= 4 is 5.82 Å². The number of anilines is 1. The average Bonchev–Trinajstić information content (AvgIpc) is 2.59. The minimum atomic E-state index is 0.393. The van der Waals surface area contributed by atoms with E-state index in [9.17, 15) is 0 Å². The molecule has 1 atom stereocenters. The van der Waals surface area contributed by atoms with Gasteiger partial charge in [0.25, 0.3) is 0 Å². The van der Waals surface area contributed by atoms with Crippen molar-refractivity contribution in [2.75, 3.05) is 5.73 Å². The second kappa shape index (κ2) is 3.01. The van der Waals surface area contributed by atoms with Gasteiger partial charge in [0.2, 0.25) is 0 Å². The Morgan fingerprint density at radius 1 is 1.50 bits per heavy atom. The van der Waals surface area contributed by atoms with E-state index in [2.05, 4.69) is 31.0 Å². The molecule has 3 nitrogen and oxygen atoms in total. The van der Waals surface area contributed by atoms with E-state index in [1.165, 1.54) is 25.0 Å². The Labute approximate surface area is 85.1 Å². The molecule has 3 N–H and O–H groups in total. The van der Waals surface area contributed by atoms with Gasteiger partial charge in [0.15, 0.2) is 0 Å². The highest BCUT2D eigenvalue weighted by atomic mass is 15.2. The van der Waals surface area contributed by atoms with Crippen LogP contribution in [0.4, 0.5) is 5.82 Å². The fraction of sp³-hybridized carbons (Fsp3) is 0.727. The molecular weight excluding hydrogens is 174 g/mol. The number of nitrogens with one attached hydrogen (secondary N) is 1. The first-order chi connectivity index (χ1) is 6.52. The molecule has 0 amide bonds. The van der Waals surface area contributed by atoms with Crippen LogP contribution in [0.3, 0.4) is 0 Å². The third-order valence-corrected chi connectivity index (χ3v) is 3.69. The van der Waals surface area contributed by atoms with Gasteiger partial charge in [-0.15, -0.1) is 0 Å². The summed E-state index contributed by atoms with van der Waals surface area (Å²) in [6.45, 7) is 6.73. The summed E-state index contributed by atoms with van der Waals surface area (Å²) in [5, 5.41) is 7.18. The molecule has 0 spiro atoms. The highest BCUT2D eigenvalue weighted by Gasteiger charge is 2.37. The Morgan fingerprint density at radius 2 is 2.21 bits per heavy atom. The Balaban J connectivity index is 2.36. The van der Waals surface area contributed by atoms with E-state index >= 15 is 0 Å². The van der Waals surface area contributed by atoms with Crippen LogP contribution in [-0.4, -0.2) is 10.2 Å². The number of H-pyrrole nitrogens is 1. The predicted molar refractivity (Wildman–Crippen MR) is 58.1 cm³/mol. The zero-order valence-corrected chi connectivity index (χ0v) is 9.22. The van der Waals surface area contributed by atoms with Crippen LogP contribution in [0.5, 0.6) is 0 Å². The van der Waals surface area contributed by atoms with Gasteiger partial charge in [-0.2, -0.15) is 5.10 Å². The van der Waals surface area contributed by atoms with Crippen LogP contribution >= 0.6 is 0 Å². The smallest absolute Gasteiger partial charge is 0.148 e. The second-order valence-electron chi connectivity index (χ2n) is 5.08. The van der Waals surface area contributed by atoms with Gasteiger partial charge in [0.1, 0.15) is 5.82 Å². The molecule has 1 aromatic rings. The minimum absolute atomic E-state index is 0.393. The van der Waals surface area contributed by atoms with Crippen LogP contribution < -0.4 is 5.73 Å². The highest BCUT2D eigenvalue weighted by molar-refractivity contribution is 5.42. The number of hydrogen-bond acceptors (Lipinski definition) is 2. The van der Waals surface area contributed by atoms with Gasteiger partial charge in [-0.05, 0) is 25.2 Å². The molecule has 78 valence electrons. The zero-order valence-electron chi connectivity index (χ0n) is 9.22. The van der Waals surface area contributed by atoms with Crippen molar-refractivity contribution in [1.29, 1.82) is 0 Å². The standard InChI is InChI=1S/C11H19N3/c1-7-9(13-14-10(7)12)8-5-4-6-11(8,2)3/h8H,4-6H2,1-3H3,(H3,12,13,14). The molecule has 2 rings (SSSR count). The Bertz CT molecular complexity index is 338. The van der Waals surface area contributed by atoms with E-state index in [0.29, 0.717) is 17.2 Å². The summed E-state index contributed by atoms with van der Waals surface area (Å²) < 4.78 is 0. The number of nitrogen functional groups attached to an aromatic ring is 1. The molecule has 1 fully saturated rings. The van der Waals surface area contributed by atoms with Crippen LogP contribution in [0.15, 0.2) is 0 Å². The Morgan fingerprint density at radius 3 is 2.64 bits per heavy atom. The predicted octanol–water partition coefficient (Wildman–Crippen LogP) is 2.59. The summed E-state index contributed by atoms with van der Waals surface area (Å²) in [5.41, 5.74) is 8.55. The summed E-state index contributed by atoms with van der Waals surface area (Å²) >= 11 is 0. The van der Waals surface area contributed by atoms with Crippen molar-refractivity contribution in [2.24, 2.45) is 5.41 Å². The first kappa shape index (κ1) is 9.56. The van der Waals surface area contributed by atoms with Crippen molar-refractivity contribution < 1.29 is 0 Å². The van der Waals surface area contributed by atoms with Gasteiger partial charge in [-0.1, -0.05) is 20.3 Å². The third kappa shape index (κ3) is 1.31. The van der Waals surface area contributed by atoms with Crippen LogP contribution in [0, 0.1) is 12.3 Å². The second-order valence-corrected chi connectivity index (χ2v) is 5.08. The summed E-state index contributed by atoms with van der Waals surface area (Å²) in [5.74, 6) is 1.26. The van der Waals surface area contributed by atoms with Crippen molar-refractivity contribution in [1.82, 2.24) is 10.2 Å². The number of hydrogen-bond donors (Lipinski definition) is 2. The topological polar surface area (TPSA) is 54.7 Å². The molecule has 1 saturated carbocycles. The summed E-state index contributed by atoms with van der Waals surface area (Å²) in [4.78, 5) is 0. The Hall–Kier alpha value is -0.990. The number of nitrogens with zero attached hydrogens (tertiary/aromatic N) is 1. The van der Waals surface area contributed by atoms with Gasteiger partial charge < -0.3 is 5.73 Å². The first-order valence-corrected chi connectivity index (χ1v) is 5.33. The maximum atomic E-state index is 5.75. The van der Waals surface area contributed by atoms with Gasteiger partial charge in [-0.3, -0.25) is 5.10 Å². The maximum Gasteiger partial charge on any atom is 0.148 e. The first-order valence-electron chi connectivity index (χ1n) is 5.33. The summed E-state index contributed by atoms with van der Waals surface area (Å²) in [6.07, 6.45) is 3.88. The average molecular weight is 193 g/mol. The minimum Gasteiger partial charge on any atom is -0.382 e. The lowest BCUT2D eigenvalue weighted by atomic mass is 9.79. The molecule has 0 radical (unpaired) electrons. The quantitative estimate of drug-likeness (QED) is 0.720. The van der Waals surface area contributed by atoms with Crippen molar-refractivity contribution in [3.8, 4) is 0 Å². The van der Waals surface area contributed by atoms with Crippen LogP contribution in [0.2, 0.25) is 0 Å². The molecule has 0 saturated heterocycles. The normalized spacial score (nSPS) is 25.5. The van der Waals surface area contributed by atoms with Gasteiger partial charge in [-0.25, -0.2) is 0 Å². The fourth-order valence-corrected chi connectivity index (χ4v) is 2.63. The molecule has 1 aliphatic carbocycles. The molecule has 0 aromatic carbocycles. The van der Waals surface area contributed by atoms with Gasteiger partial charge in [0.05, 0.1) is 0 Å². The van der Waals surface area contributed by atoms with Crippen molar-refractivity contribution in [2.45, 2.75) is 46.0 Å². The monoisotopic (exact) mass is 193 g/mol. The molecule has 1 heterocycles. The molecule has 1 unspecified atom stereocenters. The van der Waals surface area contributed by atoms with E-state index in [0.717, 1.165) is 5.56 Å².